The number of nitriles is 2. The largest absolute Gasteiger partial charge is 0.315 e. The smallest absolute Gasteiger partial charge is 0.101 e. The monoisotopic (exact) mass is 806 g/mol. The quantitative estimate of drug-likeness (QED) is 0.0676. The summed E-state index contributed by atoms with van der Waals surface area (Å²) in [5.74, 6) is 0. The molecule has 0 amide bonds. The molecule has 0 unspecified atom stereocenters. The number of hydrogen-bond donors (Lipinski definition) is 0. The van der Waals surface area contributed by atoms with E-state index in [1.54, 1.807) is 6.08 Å². The molecule has 0 spiro atoms. The average molecular weight is 807 g/mol. The third-order valence-electron chi connectivity index (χ3n) is 10.1. The molecule has 6 heteroatoms. The summed E-state index contributed by atoms with van der Waals surface area (Å²) in [5, 5.41) is 21.3. The zero-order valence-corrected chi connectivity index (χ0v) is 35.5. The van der Waals surface area contributed by atoms with E-state index in [9.17, 15) is 10.5 Å². The van der Waals surface area contributed by atoms with Gasteiger partial charge in [0.1, 0.15) is 6.07 Å². The van der Waals surface area contributed by atoms with Gasteiger partial charge in [0.2, 0.25) is 0 Å². The highest BCUT2D eigenvalue weighted by atomic mass is 15.2. The molecule has 0 saturated heterocycles. The maximum absolute atomic E-state index is 10.9. The minimum Gasteiger partial charge on any atom is -0.315 e. The molecule has 0 aliphatic heterocycles. The van der Waals surface area contributed by atoms with Crippen molar-refractivity contribution < 1.29 is 0 Å². The van der Waals surface area contributed by atoms with E-state index in [2.05, 4.69) is 106 Å². The minimum atomic E-state index is 0.0516. The number of anilines is 8. The molecule has 304 valence electrons. The van der Waals surface area contributed by atoms with E-state index < -0.39 is 0 Å². The van der Waals surface area contributed by atoms with Crippen LogP contribution >= 0.6 is 0 Å². The summed E-state index contributed by atoms with van der Waals surface area (Å²) >= 11 is 0. The molecule has 0 N–H and O–H groups in total. The molecule has 6 nitrogen and oxygen atoms in total. The van der Waals surface area contributed by atoms with E-state index in [1.165, 1.54) is 0 Å². The van der Waals surface area contributed by atoms with E-state index >= 15 is 0 Å². The lowest BCUT2D eigenvalue weighted by Gasteiger charge is -2.30. The SMILES string of the molecule is C=C/C=C\C(=C)N(c1ccccc1)c1ccc(N(/C(C)=C(C#N)/C=C(\CC#N)N(c2ccccc2)c2ccc(N(/C(C)=C/C=C\C)c3ccccc3)cc2)c2ccccc2)cc1. The molecule has 6 rings (SSSR count). The van der Waals surface area contributed by atoms with Crippen LogP contribution < -0.4 is 19.6 Å². The van der Waals surface area contributed by atoms with Gasteiger partial charge < -0.3 is 19.6 Å². The number of allylic oxidation sites excluding steroid dienone is 11. The van der Waals surface area contributed by atoms with Crippen LogP contribution in [0.3, 0.4) is 0 Å². The highest BCUT2D eigenvalue weighted by Crippen LogP contribution is 2.38. The lowest BCUT2D eigenvalue weighted by Crippen LogP contribution is -2.19. The summed E-state index contributed by atoms with van der Waals surface area (Å²) in [6.07, 6.45) is 13.6. The van der Waals surface area contributed by atoms with Crippen molar-refractivity contribution in [1.29, 1.82) is 10.5 Å². The Hall–Kier alpha value is -8.32. The van der Waals surface area contributed by atoms with E-state index in [0.29, 0.717) is 17.0 Å². The normalized spacial score (nSPS) is 12.0. The Kier molecular flexibility index (Phi) is 15.1. The standard InChI is InChI=1S/C56H50N6/c1-6-8-22-44(3)59(48-24-14-10-15-25-48)52-32-36-54(37-33-52)61(50-28-18-12-19-29-50)46(5)47(43-58)42-56(40-41-57)62(51-30-20-13-21-31-51)55-38-34-53(35-39-55)60(45(4)23-9-7-2)49-26-16-11-17-27-49/h6-39,42H,1,3,40H2,2,4-5H3/b9-7-,22-8-,45-23+,47-46-,56-42+. The third kappa shape index (κ3) is 10.5. The number of benzene rings is 6. The molecule has 0 atom stereocenters. The lowest BCUT2D eigenvalue weighted by molar-refractivity contribution is 1.07. The third-order valence-corrected chi connectivity index (χ3v) is 10.1. The van der Waals surface area contributed by atoms with Gasteiger partial charge in [-0.25, -0.2) is 0 Å². The van der Waals surface area contributed by atoms with Gasteiger partial charge in [-0.1, -0.05) is 110 Å². The van der Waals surface area contributed by atoms with Crippen LogP contribution in [-0.4, -0.2) is 0 Å². The molecule has 6 aromatic rings. The molecular weight excluding hydrogens is 757 g/mol. The van der Waals surface area contributed by atoms with E-state index in [1.807, 2.05) is 166 Å². The van der Waals surface area contributed by atoms with Crippen molar-refractivity contribution in [2.45, 2.75) is 27.2 Å². The second kappa shape index (κ2) is 21.6. The molecule has 0 fully saturated rings. The Bertz CT molecular complexity index is 2660. The summed E-state index contributed by atoms with van der Waals surface area (Å²) in [6.45, 7) is 14.2. The summed E-state index contributed by atoms with van der Waals surface area (Å²) in [4.78, 5) is 8.43. The van der Waals surface area contributed by atoms with E-state index in [0.717, 1.165) is 56.9 Å². The maximum Gasteiger partial charge on any atom is 0.101 e. The first-order chi connectivity index (χ1) is 30.4. The number of hydrogen-bond acceptors (Lipinski definition) is 6. The van der Waals surface area contributed by atoms with E-state index in [-0.39, 0.29) is 6.42 Å². The van der Waals surface area contributed by atoms with Gasteiger partial charge in [-0.15, -0.1) is 0 Å². The Labute approximate surface area is 367 Å². The van der Waals surface area contributed by atoms with Crippen LogP contribution in [0.1, 0.15) is 27.2 Å². The van der Waals surface area contributed by atoms with Gasteiger partial charge in [-0.2, -0.15) is 10.5 Å². The van der Waals surface area contributed by atoms with Crippen molar-refractivity contribution in [2.24, 2.45) is 0 Å². The van der Waals surface area contributed by atoms with Crippen molar-refractivity contribution in [3.05, 3.63) is 254 Å². The van der Waals surface area contributed by atoms with Gasteiger partial charge >= 0.3 is 0 Å². The Balaban J connectivity index is 1.45. The second-order valence-corrected chi connectivity index (χ2v) is 14.2. The topological polar surface area (TPSA) is 60.5 Å². The number of rotatable bonds is 17. The zero-order chi connectivity index (χ0) is 43.7. The fraction of sp³-hybridized carbons (Fsp3) is 0.0714. The molecular formula is C56H50N6. The molecule has 0 heterocycles. The van der Waals surface area contributed by atoms with Gasteiger partial charge in [0.15, 0.2) is 0 Å². The van der Waals surface area contributed by atoms with Gasteiger partial charge in [-0.05, 0) is 136 Å². The van der Waals surface area contributed by atoms with Gasteiger partial charge in [-0.3, -0.25) is 0 Å². The van der Waals surface area contributed by atoms with Crippen molar-refractivity contribution in [3.63, 3.8) is 0 Å². The predicted octanol–water partition coefficient (Wildman–Crippen LogP) is 15.3. The first kappa shape index (κ1) is 43.3. The Morgan fingerprint density at radius 3 is 1.35 bits per heavy atom. The van der Waals surface area contributed by atoms with Crippen molar-refractivity contribution in [2.75, 3.05) is 19.6 Å². The molecule has 0 bridgehead atoms. The highest BCUT2D eigenvalue weighted by molar-refractivity contribution is 5.77. The van der Waals surface area contributed by atoms with Crippen molar-refractivity contribution in [1.82, 2.24) is 0 Å². The van der Waals surface area contributed by atoms with Gasteiger partial charge in [0.25, 0.3) is 0 Å². The summed E-state index contributed by atoms with van der Waals surface area (Å²) in [5.41, 5.74) is 11.0. The van der Waals surface area contributed by atoms with E-state index in [4.69, 9.17) is 0 Å². The summed E-state index contributed by atoms with van der Waals surface area (Å²) in [7, 11) is 0. The van der Waals surface area contributed by atoms with Crippen molar-refractivity contribution in [3.8, 4) is 12.1 Å². The van der Waals surface area contributed by atoms with Gasteiger partial charge in [0, 0.05) is 68.3 Å². The molecule has 0 aliphatic rings. The fourth-order valence-electron chi connectivity index (χ4n) is 7.21. The zero-order valence-electron chi connectivity index (χ0n) is 35.5. The molecule has 6 aromatic carbocycles. The molecule has 0 radical (unpaired) electrons. The van der Waals surface area contributed by atoms with Crippen LogP contribution in [0.15, 0.2) is 254 Å². The van der Waals surface area contributed by atoms with Crippen LogP contribution in [-0.2, 0) is 0 Å². The molecule has 62 heavy (non-hydrogen) atoms. The Morgan fingerprint density at radius 1 is 0.532 bits per heavy atom. The first-order valence-electron chi connectivity index (χ1n) is 20.5. The first-order valence-corrected chi connectivity index (χ1v) is 20.5. The molecule has 0 aromatic heterocycles. The van der Waals surface area contributed by atoms with Crippen LogP contribution in [0.2, 0.25) is 0 Å². The maximum atomic E-state index is 10.9. The molecule has 0 saturated carbocycles. The minimum absolute atomic E-state index is 0.0516. The average Bonchev–Trinajstić information content (AvgIpc) is 3.32. The van der Waals surface area contributed by atoms with Crippen LogP contribution in [0.5, 0.6) is 0 Å². The molecule has 0 aliphatic carbocycles. The Morgan fingerprint density at radius 2 is 0.919 bits per heavy atom. The summed E-state index contributed by atoms with van der Waals surface area (Å²) in [6, 6.07) is 61.7. The predicted molar refractivity (Wildman–Crippen MR) is 261 cm³/mol. The number of para-hydroxylation sites is 4. The van der Waals surface area contributed by atoms with Crippen molar-refractivity contribution >= 4 is 45.5 Å². The van der Waals surface area contributed by atoms with Crippen LogP contribution in [0, 0.1) is 22.7 Å². The second-order valence-electron chi connectivity index (χ2n) is 14.2. The highest BCUT2D eigenvalue weighted by Gasteiger charge is 2.21. The number of nitrogens with zero attached hydrogens (tertiary/aromatic N) is 6. The van der Waals surface area contributed by atoms with Crippen LogP contribution in [0.25, 0.3) is 0 Å². The summed E-state index contributed by atoms with van der Waals surface area (Å²) < 4.78 is 0. The van der Waals surface area contributed by atoms with Crippen LogP contribution in [0.4, 0.5) is 45.5 Å². The lowest BCUT2D eigenvalue weighted by atomic mass is 10.1. The fourth-order valence-corrected chi connectivity index (χ4v) is 7.21. The van der Waals surface area contributed by atoms with Gasteiger partial charge in [0.05, 0.1) is 18.1 Å².